The molecule has 2 heterocycles. The number of pyridine rings is 1. The van der Waals surface area contributed by atoms with Gasteiger partial charge in [-0.2, -0.15) is 0 Å². The normalized spacial score (nSPS) is 10.9. The first-order valence-electron chi connectivity index (χ1n) is 5.52. The minimum Gasteiger partial charge on any atom is -0.388 e. The van der Waals surface area contributed by atoms with Gasteiger partial charge >= 0.3 is 0 Å². The molecule has 3 aromatic rings. The smallest absolute Gasteiger partial charge is 0.133 e. The summed E-state index contributed by atoms with van der Waals surface area (Å²) in [5, 5.41) is 9.04. The van der Waals surface area contributed by atoms with Crippen LogP contribution in [-0.2, 0) is 6.61 Å². The van der Waals surface area contributed by atoms with Crippen LogP contribution in [0.4, 0.5) is 0 Å². The van der Waals surface area contributed by atoms with E-state index >= 15 is 0 Å². The molecule has 0 amide bonds. The molecular formula is C13H11N3OS. The Morgan fingerprint density at radius 1 is 1.11 bits per heavy atom. The maximum Gasteiger partial charge on any atom is 0.133 e. The van der Waals surface area contributed by atoms with Gasteiger partial charge in [-0.3, -0.25) is 4.98 Å². The largest absolute Gasteiger partial charge is 0.388 e. The van der Waals surface area contributed by atoms with Gasteiger partial charge in [-0.1, -0.05) is 11.8 Å². The first-order valence-corrected chi connectivity index (χ1v) is 6.34. The van der Waals surface area contributed by atoms with Crippen molar-refractivity contribution in [3.05, 3.63) is 48.5 Å². The van der Waals surface area contributed by atoms with Crippen LogP contribution in [0, 0.1) is 0 Å². The van der Waals surface area contributed by atoms with E-state index in [2.05, 4.69) is 15.0 Å². The monoisotopic (exact) mass is 257 g/mol. The molecule has 1 aromatic carbocycles. The summed E-state index contributed by atoms with van der Waals surface area (Å²) in [5.41, 5.74) is 1.82. The van der Waals surface area contributed by atoms with E-state index in [1.165, 1.54) is 0 Å². The Kier molecular flexibility index (Phi) is 3.00. The number of aromatic nitrogens is 3. The van der Waals surface area contributed by atoms with E-state index in [0.29, 0.717) is 5.82 Å². The number of aromatic amines is 1. The Labute approximate surface area is 108 Å². The molecule has 0 aliphatic carbocycles. The summed E-state index contributed by atoms with van der Waals surface area (Å²) < 4.78 is 0. The van der Waals surface area contributed by atoms with Crippen LogP contribution in [0.1, 0.15) is 5.82 Å². The second-order valence-corrected chi connectivity index (χ2v) is 4.95. The average molecular weight is 257 g/mol. The summed E-state index contributed by atoms with van der Waals surface area (Å²) in [6.45, 7) is -0.0679. The van der Waals surface area contributed by atoms with E-state index in [1.54, 1.807) is 24.2 Å². The van der Waals surface area contributed by atoms with Crippen molar-refractivity contribution in [2.75, 3.05) is 0 Å². The summed E-state index contributed by atoms with van der Waals surface area (Å²) in [7, 11) is 0. The molecule has 90 valence electrons. The molecular weight excluding hydrogens is 246 g/mol. The van der Waals surface area contributed by atoms with Gasteiger partial charge in [0.25, 0.3) is 0 Å². The van der Waals surface area contributed by atoms with Gasteiger partial charge in [0.1, 0.15) is 12.4 Å². The Morgan fingerprint density at radius 3 is 2.72 bits per heavy atom. The minimum absolute atomic E-state index is 0.0679. The van der Waals surface area contributed by atoms with Crippen LogP contribution in [0.2, 0.25) is 0 Å². The number of nitrogens with zero attached hydrogens (tertiary/aromatic N) is 2. The zero-order valence-corrected chi connectivity index (χ0v) is 10.3. The number of H-pyrrole nitrogens is 1. The maximum atomic E-state index is 9.04. The Hall–Kier alpha value is -1.85. The van der Waals surface area contributed by atoms with Gasteiger partial charge in [0.15, 0.2) is 0 Å². The number of benzene rings is 1. The van der Waals surface area contributed by atoms with E-state index in [1.807, 2.05) is 30.3 Å². The Balaban J connectivity index is 1.93. The van der Waals surface area contributed by atoms with E-state index in [-0.39, 0.29) is 6.61 Å². The number of nitrogens with one attached hydrogen (secondary N) is 1. The van der Waals surface area contributed by atoms with E-state index in [9.17, 15) is 0 Å². The van der Waals surface area contributed by atoms with Crippen molar-refractivity contribution in [3.63, 3.8) is 0 Å². The molecule has 0 saturated heterocycles. The molecule has 2 aromatic heterocycles. The van der Waals surface area contributed by atoms with E-state index < -0.39 is 0 Å². The molecule has 0 bridgehead atoms. The van der Waals surface area contributed by atoms with Crippen molar-refractivity contribution in [2.45, 2.75) is 16.4 Å². The first-order chi connectivity index (χ1) is 8.85. The molecule has 0 saturated carbocycles. The number of rotatable bonds is 3. The van der Waals surface area contributed by atoms with Crippen molar-refractivity contribution < 1.29 is 5.11 Å². The molecule has 18 heavy (non-hydrogen) atoms. The van der Waals surface area contributed by atoms with Gasteiger partial charge in [0.05, 0.1) is 11.0 Å². The third-order valence-corrected chi connectivity index (χ3v) is 3.54. The third kappa shape index (κ3) is 2.23. The lowest BCUT2D eigenvalue weighted by atomic mass is 10.3. The predicted molar refractivity (Wildman–Crippen MR) is 70.4 cm³/mol. The predicted octanol–water partition coefficient (Wildman–Crippen LogP) is 2.60. The molecule has 0 aliphatic heterocycles. The van der Waals surface area contributed by atoms with Gasteiger partial charge in [0, 0.05) is 22.2 Å². The fraction of sp³-hybridized carbons (Fsp3) is 0.0769. The topological polar surface area (TPSA) is 61.8 Å². The van der Waals surface area contributed by atoms with Crippen LogP contribution in [0.3, 0.4) is 0 Å². The van der Waals surface area contributed by atoms with Crippen LogP contribution in [0.15, 0.2) is 52.5 Å². The standard InChI is InChI=1S/C13H11N3OS/c17-8-13-15-11-2-1-10(7-12(11)16-13)18-9-3-5-14-6-4-9/h1-7,17H,8H2,(H,15,16). The molecule has 0 unspecified atom stereocenters. The van der Waals surface area contributed by atoms with Crippen molar-refractivity contribution in [3.8, 4) is 0 Å². The van der Waals surface area contributed by atoms with Gasteiger partial charge in [-0.05, 0) is 30.3 Å². The molecule has 5 heteroatoms. The van der Waals surface area contributed by atoms with Gasteiger partial charge in [0.2, 0.25) is 0 Å². The summed E-state index contributed by atoms with van der Waals surface area (Å²) in [6, 6.07) is 9.96. The molecule has 0 atom stereocenters. The van der Waals surface area contributed by atoms with E-state index in [4.69, 9.17) is 5.11 Å². The lowest BCUT2D eigenvalue weighted by molar-refractivity contribution is 0.273. The van der Waals surface area contributed by atoms with E-state index in [0.717, 1.165) is 20.8 Å². The van der Waals surface area contributed by atoms with Crippen molar-refractivity contribution >= 4 is 22.8 Å². The summed E-state index contributed by atoms with van der Waals surface area (Å²) in [4.78, 5) is 13.6. The average Bonchev–Trinajstić information content (AvgIpc) is 2.82. The van der Waals surface area contributed by atoms with Crippen LogP contribution >= 0.6 is 11.8 Å². The van der Waals surface area contributed by atoms with Crippen molar-refractivity contribution in [1.82, 2.24) is 15.0 Å². The highest BCUT2D eigenvalue weighted by Crippen LogP contribution is 2.28. The summed E-state index contributed by atoms with van der Waals surface area (Å²) >= 11 is 1.66. The van der Waals surface area contributed by atoms with Crippen LogP contribution in [0.25, 0.3) is 11.0 Å². The lowest BCUT2D eigenvalue weighted by Crippen LogP contribution is -1.83. The fourth-order valence-electron chi connectivity index (χ4n) is 1.72. The highest BCUT2D eigenvalue weighted by molar-refractivity contribution is 7.99. The number of fused-ring (bicyclic) bond motifs is 1. The Bertz CT molecular complexity index is 666. The van der Waals surface area contributed by atoms with Crippen molar-refractivity contribution in [1.29, 1.82) is 0 Å². The molecule has 4 nitrogen and oxygen atoms in total. The zero-order valence-electron chi connectivity index (χ0n) is 9.50. The quantitative estimate of drug-likeness (QED) is 0.757. The highest BCUT2D eigenvalue weighted by atomic mass is 32.2. The Morgan fingerprint density at radius 2 is 1.94 bits per heavy atom. The number of hydrogen-bond acceptors (Lipinski definition) is 4. The van der Waals surface area contributed by atoms with Crippen molar-refractivity contribution in [2.24, 2.45) is 0 Å². The highest BCUT2D eigenvalue weighted by Gasteiger charge is 2.04. The molecule has 0 fully saturated rings. The van der Waals surface area contributed by atoms with Crippen LogP contribution in [0.5, 0.6) is 0 Å². The molecule has 2 N–H and O–H groups in total. The van der Waals surface area contributed by atoms with Gasteiger partial charge in [-0.25, -0.2) is 4.98 Å². The second-order valence-electron chi connectivity index (χ2n) is 3.81. The zero-order chi connectivity index (χ0) is 12.4. The summed E-state index contributed by atoms with van der Waals surface area (Å²) in [6.07, 6.45) is 3.55. The molecule has 0 aliphatic rings. The maximum absolute atomic E-state index is 9.04. The molecule has 0 radical (unpaired) electrons. The fourth-order valence-corrected chi connectivity index (χ4v) is 2.56. The van der Waals surface area contributed by atoms with Gasteiger partial charge in [-0.15, -0.1) is 0 Å². The second kappa shape index (κ2) is 4.80. The lowest BCUT2D eigenvalue weighted by Gasteiger charge is -2.00. The van der Waals surface area contributed by atoms with Gasteiger partial charge < -0.3 is 10.1 Å². The third-order valence-electron chi connectivity index (χ3n) is 2.54. The number of aliphatic hydroxyl groups is 1. The van der Waals surface area contributed by atoms with Crippen LogP contribution in [-0.4, -0.2) is 20.1 Å². The summed E-state index contributed by atoms with van der Waals surface area (Å²) in [5.74, 6) is 0.594. The number of hydrogen-bond donors (Lipinski definition) is 2. The molecule has 0 spiro atoms. The number of aliphatic hydroxyl groups excluding tert-OH is 1. The van der Waals surface area contributed by atoms with Crippen LogP contribution < -0.4 is 0 Å². The minimum atomic E-state index is -0.0679. The first kappa shape index (κ1) is 11.3. The molecule has 3 rings (SSSR count). The SMILES string of the molecule is OCc1nc2cc(Sc3ccncc3)ccc2[nH]1. The number of imidazole rings is 1.